The Labute approximate surface area is 111 Å². The summed E-state index contributed by atoms with van der Waals surface area (Å²) in [6, 6.07) is 9.39. The lowest BCUT2D eigenvalue weighted by Gasteiger charge is -2.25. The molecule has 0 spiro atoms. The van der Waals surface area contributed by atoms with E-state index in [0.29, 0.717) is 12.0 Å². The number of hydrogen-bond acceptors (Lipinski definition) is 1. The second-order valence-corrected chi connectivity index (χ2v) is 5.55. The maximum Gasteiger partial charge on any atom is 0.0714 e. The largest absolute Gasteiger partial charge is 0.297 e. The number of rotatable bonds is 3. The summed E-state index contributed by atoms with van der Waals surface area (Å²) in [5, 5.41) is 3.67. The van der Waals surface area contributed by atoms with Gasteiger partial charge in [-0.05, 0) is 36.3 Å². The minimum absolute atomic E-state index is 0.168. The Morgan fingerprint density at radius 2 is 2.06 bits per heavy atom. The van der Waals surface area contributed by atoms with E-state index >= 15 is 0 Å². The average molecular weight is 241 g/mol. The van der Waals surface area contributed by atoms with Crippen LogP contribution in [0.4, 0.5) is 0 Å². The highest BCUT2D eigenvalue weighted by molar-refractivity contribution is 5.31. The lowest BCUT2D eigenvalue weighted by molar-refractivity contribution is 0.397. The van der Waals surface area contributed by atoms with Gasteiger partial charge in [0.05, 0.1) is 6.04 Å². The summed E-state index contributed by atoms with van der Waals surface area (Å²) in [5.74, 6) is 3.37. The molecule has 0 bridgehead atoms. The molecule has 2 rings (SSSR count). The van der Waals surface area contributed by atoms with Gasteiger partial charge in [-0.2, -0.15) is 0 Å². The fourth-order valence-corrected chi connectivity index (χ4v) is 2.74. The zero-order chi connectivity index (χ0) is 13.0. The number of terminal acetylenes is 1. The third kappa shape index (κ3) is 2.94. The molecule has 1 aliphatic rings. The van der Waals surface area contributed by atoms with Gasteiger partial charge >= 0.3 is 0 Å². The summed E-state index contributed by atoms with van der Waals surface area (Å²) < 4.78 is 0. The molecule has 1 heteroatoms. The van der Waals surface area contributed by atoms with Crippen LogP contribution in [-0.4, -0.2) is 6.04 Å². The molecule has 1 aromatic rings. The van der Waals surface area contributed by atoms with Gasteiger partial charge in [-0.15, -0.1) is 6.42 Å². The smallest absolute Gasteiger partial charge is 0.0714 e. The molecule has 2 atom stereocenters. The van der Waals surface area contributed by atoms with Gasteiger partial charge in [0.1, 0.15) is 0 Å². The number of hydrogen-bond donors (Lipinski definition) is 1. The molecule has 2 unspecified atom stereocenters. The summed E-state index contributed by atoms with van der Waals surface area (Å²) in [7, 11) is 0. The van der Waals surface area contributed by atoms with Crippen molar-refractivity contribution >= 4 is 0 Å². The predicted octanol–water partition coefficient (Wildman–Crippen LogP) is 3.70. The van der Waals surface area contributed by atoms with E-state index in [4.69, 9.17) is 6.42 Å². The van der Waals surface area contributed by atoms with Gasteiger partial charge < -0.3 is 0 Å². The van der Waals surface area contributed by atoms with Gasteiger partial charge in [0.15, 0.2) is 0 Å². The van der Waals surface area contributed by atoms with E-state index in [9.17, 15) is 0 Å². The van der Waals surface area contributed by atoms with Crippen molar-refractivity contribution in [3.8, 4) is 12.3 Å². The van der Waals surface area contributed by atoms with Gasteiger partial charge in [0, 0.05) is 6.04 Å². The lowest BCUT2D eigenvalue weighted by Crippen LogP contribution is -2.35. The van der Waals surface area contributed by atoms with Crippen LogP contribution < -0.4 is 5.32 Å². The first kappa shape index (κ1) is 13.2. The van der Waals surface area contributed by atoms with Crippen molar-refractivity contribution in [3.05, 3.63) is 35.4 Å². The second-order valence-electron chi connectivity index (χ2n) is 5.55. The highest BCUT2D eigenvalue weighted by Crippen LogP contribution is 2.29. The predicted molar refractivity (Wildman–Crippen MR) is 77.3 cm³/mol. The minimum Gasteiger partial charge on any atom is -0.297 e. The van der Waals surface area contributed by atoms with Crippen LogP contribution in [0.2, 0.25) is 0 Å². The van der Waals surface area contributed by atoms with Crippen LogP contribution in [0.5, 0.6) is 0 Å². The molecule has 0 saturated carbocycles. The third-order valence-electron chi connectivity index (χ3n) is 3.85. The van der Waals surface area contributed by atoms with Crippen molar-refractivity contribution in [2.75, 3.05) is 0 Å². The van der Waals surface area contributed by atoms with Crippen molar-refractivity contribution < 1.29 is 0 Å². The van der Waals surface area contributed by atoms with Crippen LogP contribution in [0.3, 0.4) is 0 Å². The molecule has 18 heavy (non-hydrogen) atoms. The Morgan fingerprint density at radius 1 is 1.28 bits per heavy atom. The number of benzene rings is 1. The molecule has 0 aliphatic heterocycles. The molecule has 0 amide bonds. The summed E-state index contributed by atoms with van der Waals surface area (Å²) in [4.78, 5) is 0. The summed E-state index contributed by atoms with van der Waals surface area (Å²) in [6.45, 7) is 4.36. The Kier molecular flexibility index (Phi) is 4.44. The van der Waals surface area contributed by atoms with Crippen LogP contribution in [-0.2, 0) is 6.42 Å². The lowest BCUT2D eigenvalue weighted by atomic mass is 9.96. The first-order chi connectivity index (χ1) is 8.72. The third-order valence-corrected chi connectivity index (χ3v) is 3.85. The zero-order valence-corrected chi connectivity index (χ0v) is 11.4. The first-order valence-corrected chi connectivity index (χ1v) is 7.02. The maximum atomic E-state index is 5.64. The number of fused-ring (bicyclic) bond motifs is 1. The molecule has 1 N–H and O–H groups in total. The Bertz CT molecular complexity index is 427. The SMILES string of the molecule is C#CC(NC1CCCCc2ccccc21)C(C)C. The molecular weight excluding hydrogens is 218 g/mol. The van der Waals surface area contributed by atoms with Crippen molar-refractivity contribution in [2.24, 2.45) is 5.92 Å². The fraction of sp³-hybridized carbons (Fsp3) is 0.529. The van der Waals surface area contributed by atoms with Crippen LogP contribution in [0.1, 0.15) is 50.3 Å². The number of nitrogens with one attached hydrogen (secondary N) is 1. The molecule has 0 radical (unpaired) electrons. The van der Waals surface area contributed by atoms with Crippen molar-refractivity contribution in [2.45, 2.75) is 51.6 Å². The first-order valence-electron chi connectivity index (χ1n) is 7.02. The molecule has 0 heterocycles. The van der Waals surface area contributed by atoms with Crippen LogP contribution >= 0.6 is 0 Å². The van der Waals surface area contributed by atoms with Gasteiger partial charge in [0.2, 0.25) is 0 Å². The van der Waals surface area contributed by atoms with Gasteiger partial charge in [0.25, 0.3) is 0 Å². The van der Waals surface area contributed by atoms with Gasteiger partial charge in [-0.3, -0.25) is 5.32 Å². The van der Waals surface area contributed by atoms with E-state index in [0.717, 1.165) is 0 Å². The van der Waals surface area contributed by atoms with Gasteiger partial charge in [-0.1, -0.05) is 50.5 Å². The molecule has 1 nitrogen and oxygen atoms in total. The minimum atomic E-state index is 0.168. The monoisotopic (exact) mass is 241 g/mol. The molecule has 1 aliphatic carbocycles. The highest BCUT2D eigenvalue weighted by atomic mass is 15.0. The van der Waals surface area contributed by atoms with E-state index < -0.39 is 0 Å². The fourth-order valence-electron chi connectivity index (χ4n) is 2.74. The second kappa shape index (κ2) is 6.07. The topological polar surface area (TPSA) is 12.0 Å². The van der Waals surface area contributed by atoms with E-state index in [2.05, 4.69) is 49.4 Å². The highest BCUT2D eigenvalue weighted by Gasteiger charge is 2.21. The van der Waals surface area contributed by atoms with E-state index in [1.54, 1.807) is 0 Å². The molecular formula is C17H23N. The Hall–Kier alpha value is -1.26. The summed E-state index contributed by atoms with van der Waals surface area (Å²) in [5.41, 5.74) is 2.95. The molecule has 0 fully saturated rings. The van der Waals surface area contributed by atoms with Gasteiger partial charge in [-0.25, -0.2) is 0 Å². The number of aryl methyl sites for hydroxylation is 1. The quantitative estimate of drug-likeness (QED) is 0.628. The van der Waals surface area contributed by atoms with Crippen molar-refractivity contribution in [1.29, 1.82) is 0 Å². The molecule has 0 aromatic heterocycles. The zero-order valence-electron chi connectivity index (χ0n) is 11.4. The standard InChI is InChI=1S/C17H23N/c1-4-16(13(2)3)18-17-12-8-6-10-14-9-5-7-11-15(14)17/h1,5,7,9,11,13,16-18H,6,8,10,12H2,2-3H3. The van der Waals surface area contributed by atoms with E-state index in [1.807, 2.05) is 0 Å². The normalized spacial score (nSPS) is 20.9. The van der Waals surface area contributed by atoms with Crippen LogP contribution in [0.25, 0.3) is 0 Å². The molecule has 1 aromatic carbocycles. The Balaban J connectivity index is 2.20. The van der Waals surface area contributed by atoms with Crippen molar-refractivity contribution in [3.63, 3.8) is 0 Å². The summed E-state index contributed by atoms with van der Waals surface area (Å²) >= 11 is 0. The molecule has 96 valence electrons. The van der Waals surface area contributed by atoms with Crippen LogP contribution in [0, 0.1) is 18.3 Å². The van der Waals surface area contributed by atoms with Crippen molar-refractivity contribution in [1.82, 2.24) is 5.32 Å². The van der Waals surface area contributed by atoms with E-state index in [1.165, 1.54) is 36.8 Å². The van der Waals surface area contributed by atoms with E-state index in [-0.39, 0.29) is 6.04 Å². The average Bonchev–Trinajstić information content (AvgIpc) is 2.58. The maximum absolute atomic E-state index is 5.64. The Morgan fingerprint density at radius 3 is 2.78 bits per heavy atom. The summed E-state index contributed by atoms with van der Waals surface area (Å²) in [6.07, 6.45) is 10.6. The van der Waals surface area contributed by atoms with Crippen LogP contribution in [0.15, 0.2) is 24.3 Å². The molecule has 0 saturated heterocycles.